The number of carbonyl (C=O) groups excluding carboxylic acids is 4. The quantitative estimate of drug-likeness (QED) is 0.407. The lowest BCUT2D eigenvalue weighted by atomic mass is 10.2. The summed E-state index contributed by atoms with van der Waals surface area (Å²) in [6, 6.07) is 0. The minimum atomic E-state index is -0.356. The highest BCUT2D eigenvalue weighted by molar-refractivity contribution is 5.77. The Morgan fingerprint density at radius 3 is 0.960 bits per heavy atom. The van der Waals surface area contributed by atoms with Crippen molar-refractivity contribution in [3.05, 3.63) is 0 Å². The number of hydrogen-bond donors (Lipinski definition) is 0. The molecule has 0 rings (SSSR count). The third kappa shape index (κ3) is 19.8. The first-order chi connectivity index (χ1) is 11.9. The van der Waals surface area contributed by atoms with Crippen molar-refractivity contribution in [3.63, 3.8) is 0 Å². The fourth-order valence-corrected chi connectivity index (χ4v) is 1.51. The summed E-state index contributed by atoms with van der Waals surface area (Å²) in [7, 11) is 0. The molecule has 0 aliphatic heterocycles. The molecule has 0 aromatic rings. The third-order valence-electron chi connectivity index (χ3n) is 2.52. The van der Waals surface area contributed by atoms with Crippen molar-refractivity contribution in [2.45, 2.75) is 59.8 Å². The first-order valence-corrected chi connectivity index (χ1v) is 8.53. The first kappa shape index (κ1) is 25.1. The monoisotopic (exact) mass is 362 g/mol. The number of rotatable bonds is 11. The Labute approximate surface area is 149 Å². The molecule has 0 atom stereocenters. The molecule has 0 aliphatic carbocycles. The van der Waals surface area contributed by atoms with Gasteiger partial charge in [0, 0.05) is 12.8 Å². The van der Waals surface area contributed by atoms with Crippen LogP contribution in [0.4, 0.5) is 0 Å². The van der Waals surface area contributed by atoms with Crippen molar-refractivity contribution in [1.82, 2.24) is 0 Å². The van der Waals surface area contributed by atoms with Crippen molar-refractivity contribution in [2.24, 2.45) is 0 Å². The second-order valence-electron chi connectivity index (χ2n) is 4.57. The van der Waals surface area contributed by atoms with Crippen LogP contribution in [0.2, 0.25) is 0 Å². The summed E-state index contributed by atoms with van der Waals surface area (Å²) in [6.45, 7) is 8.43. The maximum Gasteiger partial charge on any atom is 0.306 e. The molecule has 0 spiro atoms. The Bertz CT molecular complexity index is 356. The van der Waals surface area contributed by atoms with E-state index in [9.17, 15) is 19.2 Å². The zero-order valence-electron chi connectivity index (χ0n) is 15.6. The molecule has 0 heterocycles. The molecule has 0 saturated carbocycles. The van der Waals surface area contributed by atoms with E-state index in [1.807, 2.05) is 0 Å². The summed E-state index contributed by atoms with van der Waals surface area (Å²) in [6.07, 6.45) is 1.27. The molecule has 0 aromatic heterocycles. The topological polar surface area (TPSA) is 105 Å². The van der Waals surface area contributed by atoms with E-state index >= 15 is 0 Å². The fourth-order valence-electron chi connectivity index (χ4n) is 1.51. The Morgan fingerprint density at radius 1 is 0.480 bits per heavy atom. The largest absolute Gasteiger partial charge is 0.466 e. The van der Waals surface area contributed by atoms with Gasteiger partial charge in [0.25, 0.3) is 0 Å². The minimum absolute atomic E-state index is 0.104. The highest BCUT2D eigenvalue weighted by Gasteiger charge is 2.07. The lowest BCUT2D eigenvalue weighted by Crippen LogP contribution is -2.09. The van der Waals surface area contributed by atoms with Crippen LogP contribution in [0.15, 0.2) is 0 Å². The predicted molar refractivity (Wildman–Crippen MR) is 89.6 cm³/mol. The molecule has 0 unspecified atom stereocenters. The van der Waals surface area contributed by atoms with Gasteiger partial charge in [0.05, 0.1) is 39.3 Å². The molecule has 146 valence electrons. The van der Waals surface area contributed by atoms with Crippen LogP contribution < -0.4 is 0 Å². The molecule has 0 N–H and O–H groups in total. The van der Waals surface area contributed by atoms with E-state index in [0.29, 0.717) is 32.8 Å². The highest BCUT2D eigenvalue weighted by atomic mass is 16.5. The van der Waals surface area contributed by atoms with Gasteiger partial charge in [0.2, 0.25) is 0 Å². The van der Waals surface area contributed by atoms with Gasteiger partial charge in [0.15, 0.2) is 0 Å². The molecular weight excluding hydrogens is 332 g/mol. The van der Waals surface area contributed by atoms with Crippen molar-refractivity contribution >= 4 is 23.9 Å². The van der Waals surface area contributed by atoms with Gasteiger partial charge in [-0.15, -0.1) is 0 Å². The molecule has 0 radical (unpaired) electrons. The van der Waals surface area contributed by atoms with Crippen LogP contribution >= 0.6 is 0 Å². The Balaban J connectivity index is 0. The first-order valence-electron chi connectivity index (χ1n) is 8.53. The zero-order valence-corrected chi connectivity index (χ0v) is 15.6. The van der Waals surface area contributed by atoms with Crippen LogP contribution in [0.3, 0.4) is 0 Å². The van der Waals surface area contributed by atoms with Gasteiger partial charge < -0.3 is 18.9 Å². The summed E-state index contributed by atoms with van der Waals surface area (Å²) in [5.41, 5.74) is 0. The molecule has 0 aliphatic rings. The van der Waals surface area contributed by atoms with Crippen LogP contribution in [0.25, 0.3) is 0 Å². The lowest BCUT2D eigenvalue weighted by Gasteiger charge is -2.01. The fraction of sp³-hybridized carbons (Fsp3) is 0.765. The van der Waals surface area contributed by atoms with E-state index in [2.05, 4.69) is 9.47 Å². The normalized spacial score (nSPS) is 9.28. The summed E-state index contributed by atoms with van der Waals surface area (Å²) < 4.78 is 18.6. The molecular formula is C17H30O8. The number of carbonyl (C=O) groups is 4. The number of esters is 4. The predicted octanol–water partition coefficient (Wildman–Crippen LogP) is 2.18. The number of ether oxygens (including phenoxy) is 4. The second kappa shape index (κ2) is 18.2. The molecule has 0 aromatic carbocycles. The van der Waals surface area contributed by atoms with Gasteiger partial charge in [-0.05, 0) is 34.1 Å². The van der Waals surface area contributed by atoms with E-state index in [1.54, 1.807) is 27.7 Å². The van der Waals surface area contributed by atoms with Gasteiger partial charge in [0.1, 0.15) is 0 Å². The van der Waals surface area contributed by atoms with Crippen molar-refractivity contribution in [2.75, 3.05) is 26.4 Å². The van der Waals surface area contributed by atoms with E-state index in [-0.39, 0.29) is 49.6 Å². The van der Waals surface area contributed by atoms with Crippen LogP contribution in [-0.4, -0.2) is 50.3 Å². The van der Waals surface area contributed by atoms with E-state index < -0.39 is 0 Å². The van der Waals surface area contributed by atoms with Gasteiger partial charge in [-0.3, -0.25) is 19.2 Å². The van der Waals surface area contributed by atoms with Crippen LogP contribution in [-0.2, 0) is 38.1 Å². The van der Waals surface area contributed by atoms with E-state index in [1.165, 1.54) is 0 Å². The minimum Gasteiger partial charge on any atom is -0.466 e. The number of hydrogen-bond acceptors (Lipinski definition) is 8. The Kier molecular flexibility index (Phi) is 18.3. The molecule has 25 heavy (non-hydrogen) atoms. The third-order valence-corrected chi connectivity index (χ3v) is 2.52. The van der Waals surface area contributed by atoms with Gasteiger partial charge in [-0.25, -0.2) is 0 Å². The Hall–Kier alpha value is -2.12. The Morgan fingerprint density at radius 2 is 0.720 bits per heavy atom. The SMILES string of the molecule is CCOC(=O)CCC(=O)OCC.CCOC(=O)CCCC(=O)OCC. The summed E-state index contributed by atoms with van der Waals surface area (Å²) in [5.74, 6) is -1.23. The summed E-state index contributed by atoms with van der Waals surface area (Å²) in [5, 5.41) is 0. The van der Waals surface area contributed by atoms with Gasteiger partial charge >= 0.3 is 23.9 Å². The maximum atomic E-state index is 10.8. The van der Waals surface area contributed by atoms with E-state index in [0.717, 1.165) is 0 Å². The van der Waals surface area contributed by atoms with Crippen LogP contribution in [0, 0.1) is 0 Å². The summed E-state index contributed by atoms with van der Waals surface area (Å²) in [4.78, 5) is 43.1. The van der Waals surface area contributed by atoms with Crippen LogP contribution in [0.5, 0.6) is 0 Å². The summed E-state index contributed by atoms with van der Waals surface area (Å²) >= 11 is 0. The molecule has 0 saturated heterocycles. The molecule has 8 nitrogen and oxygen atoms in total. The molecule has 0 amide bonds. The van der Waals surface area contributed by atoms with Crippen molar-refractivity contribution in [3.8, 4) is 0 Å². The van der Waals surface area contributed by atoms with Crippen molar-refractivity contribution in [1.29, 1.82) is 0 Å². The highest BCUT2D eigenvalue weighted by Crippen LogP contribution is 1.99. The van der Waals surface area contributed by atoms with Gasteiger partial charge in [-0.1, -0.05) is 0 Å². The maximum absolute atomic E-state index is 10.8. The smallest absolute Gasteiger partial charge is 0.306 e. The average molecular weight is 362 g/mol. The van der Waals surface area contributed by atoms with Gasteiger partial charge in [-0.2, -0.15) is 0 Å². The van der Waals surface area contributed by atoms with E-state index in [4.69, 9.17) is 9.47 Å². The lowest BCUT2D eigenvalue weighted by molar-refractivity contribution is -0.149. The standard InChI is InChI=1S/C9H16O4.C8H14O4/c1-3-12-8(10)6-5-7-9(11)13-4-2;1-3-11-7(9)5-6-8(10)12-4-2/h3-7H2,1-2H3;3-6H2,1-2H3. The zero-order chi connectivity index (χ0) is 19.5. The molecule has 0 bridgehead atoms. The molecule has 0 fully saturated rings. The van der Waals surface area contributed by atoms with Crippen LogP contribution in [0.1, 0.15) is 59.8 Å². The average Bonchev–Trinajstić information content (AvgIpc) is 2.55. The molecule has 8 heteroatoms. The second-order valence-corrected chi connectivity index (χ2v) is 4.57. The van der Waals surface area contributed by atoms with Crippen molar-refractivity contribution < 1.29 is 38.1 Å².